The molecule has 2 aliphatic rings. The molecular formula is C42H27N3. The Morgan fingerprint density at radius 1 is 0.444 bits per heavy atom. The van der Waals surface area contributed by atoms with E-state index in [2.05, 4.69) is 166 Å². The van der Waals surface area contributed by atoms with E-state index in [0.717, 1.165) is 0 Å². The molecule has 2 atom stereocenters. The molecule has 0 N–H and O–H groups in total. The van der Waals surface area contributed by atoms with Crippen LogP contribution < -0.4 is 4.90 Å². The average molecular weight is 574 g/mol. The van der Waals surface area contributed by atoms with Crippen LogP contribution in [0.15, 0.2) is 152 Å². The maximum Gasteiger partial charge on any atom is 0.0629 e. The first-order valence-corrected chi connectivity index (χ1v) is 15.8. The molecule has 0 radical (unpaired) electrons. The predicted molar refractivity (Wildman–Crippen MR) is 189 cm³/mol. The van der Waals surface area contributed by atoms with E-state index in [1.165, 1.54) is 82.5 Å². The van der Waals surface area contributed by atoms with E-state index in [1.807, 2.05) is 0 Å². The monoisotopic (exact) mass is 573 g/mol. The van der Waals surface area contributed by atoms with Gasteiger partial charge in [0.25, 0.3) is 0 Å². The molecule has 9 aromatic rings. The molecular weight excluding hydrogens is 546 g/mol. The minimum absolute atomic E-state index is 0.271. The van der Waals surface area contributed by atoms with Gasteiger partial charge in [0, 0.05) is 55.3 Å². The Kier molecular flexibility index (Phi) is 4.43. The topological polar surface area (TPSA) is 12.6 Å². The molecule has 3 heteroatoms. The fourth-order valence-corrected chi connectivity index (χ4v) is 8.51. The van der Waals surface area contributed by atoms with Gasteiger partial charge < -0.3 is 13.9 Å². The van der Waals surface area contributed by atoms with E-state index in [0.29, 0.717) is 5.92 Å². The number of benzene rings is 6. The first-order valence-electron chi connectivity index (χ1n) is 15.8. The van der Waals surface area contributed by atoms with Crippen molar-refractivity contribution in [2.75, 3.05) is 4.90 Å². The molecule has 0 fully saturated rings. The molecule has 0 spiro atoms. The van der Waals surface area contributed by atoms with Crippen molar-refractivity contribution in [1.29, 1.82) is 0 Å². The predicted octanol–water partition coefficient (Wildman–Crippen LogP) is 10.7. The summed E-state index contributed by atoms with van der Waals surface area (Å²) in [5.74, 6) is 0.326. The Hall–Kier alpha value is -5.80. The molecule has 0 saturated carbocycles. The zero-order valence-corrected chi connectivity index (χ0v) is 24.4. The van der Waals surface area contributed by atoms with E-state index in [1.54, 1.807) is 0 Å². The molecule has 1 aliphatic carbocycles. The second kappa shape index (κ2) is 8.43. The number of nitrogens with zero attached hydrogens (tertiary/aromatic N) is 3. The van der Waals surface area contributed by atoms with Crippen LogP contribution in [0.4, 0.5) is 11.4 Å². The van der Waals surface area contributed by atoms with Gasteiger partial charge in [0.15, 0.2) is 0 Å². The highest BCUT2D eigenvalue weighted by atomic mass is 15.2. The quantitative estimate of drug-likeness (QED) is 0.200. The van der Waals surface area contributed by atoms with Crippen LogP contribution >= 0.6 is 0 Å². The van der Waals surface area contributed by atoms with E-state index in [-0.39, 0.29) is 6.04 Å². The van der Waals surface area contributed by atoms with Crippen molar-refractivity contribution >= 4 is 71.3 Å². The van der Waals surface area contributed by atoms with Gasteiger partial charge in [0.2, 0.25) is 0 Å². The van der Waals surface area contributed by atoms with Crippen LogP contribution in [-0.4, -0.2) is 15.0 Å². The Morgan fingerprint density at radius 3 is 1.91 bits per heavy atom. The SMILES string of the molecule is C1=CC2c3cc4c5cccc6c7cc8c9ccccc9n(-c9ccccc9)c8cc7n(c4cc3N(c3ccccc3)C2C=C1)c56. The largest absolute Gasteiger partial charge is 0.333 e. The molecule has 1 aliphatic heterocycles. The van der Waals surface area contributed by atoms with Gasteiger partial charge in [-0.2, -0.15) is 0 Å². The molecule has 210 valence electrons. The summed E-state index contributed by atoms with van der Waals surface area (Å²) in [6.45, 7) is 0. The summed E-state index contributed by atoms with van der Waals surface area (Å²) in [5, 5.41) is 7.85. The van der Waals surface area contributed by atoms with Crippen molar-refractivity contribution in [3.8, 4) is 5.69 Å². The number of rotatable bonds is 2. The number of hydrogen-bond acceptors (Lipinski definition) is 1. The lowest BCUT2D eigenvalue weighted by molar-refractivity contribution is 0.745. The van der Waals surface area contributed by atoms with Crippen molar-refractivity contribution in [2.24, 2.45) is 0 Å². The zero-order chi connectivity index (χ0) is 29.2. The molecule has 6 aromatic carbocycles. The fourth-order valence-electron chi connectivity index (χ4n) is 8.51. The minimum atomic E-state index is 0.271. The lowest BCUT2D eigenvalue weighted by Crippen LogP contribution is -2.28. The fraction of sp³-hybridized carbons (Fsp3) is 0.0476. The van der Waals surface area contributed by atoms with Gasteiger partial charge in [0.1, 0.15) is 0 Å². The van der Waals surface area contributed by atoms with E-state index in [4.69, 9.17) is 0 Å². The molecule has 45 heavy (non-hydrogen) atoms. The third-order valence-electron chi connectivity index (χ3n) is 10.3. The van der Waals surface area contributed by atoms with Crippen molar-refractivity contribution in [3.05, 3.63) is 157 Å². The maximum absolute atomic E-state index is 2.54. The van der Waals surface area contributed by atoms with Gasteiger partial charge in [-0.1, -0.05) is 97.1 Å². The number of anilines is 2. The molecule has 0 amide bonds. The van der Waals surface area contributed by atoms with Crippen LogP contribution in [0.25, 0.3) is 65.6 Å². The molecule has 2 unspecified atom stereocenters. The maximum atomic E-state index is 2.54. The Labute approximate surface area is 259 Å². The summed E-state index contributed by atoms with van der Waals surface area (Å²) in [5.41, 5.74) is 11.4. The average Bonchev–Trinajstić information content (AvgIpc) is 3.81. The third-order valence-corrected chi connectivity index (χ3v) is 10.3. The number of aromatic nitrogens is 2. The van der Waals surface area contributed by atoms with Gasteiger partial charge in [-0.25, -0.2) is 0 Å². The van der Waals surface area contributed by atoms with E-state index in [9.17, 15) is 0 Å². The molecule has 11 rings (SSSR count). The highest BCUT2D eigenvalue weighted by Gasteiger charge is 2.38. The van der Waals surface area contributed by atoms with Gasteiger partial charge >= 0.3 is 0 Å². The van der Waals surface area contributed by atoms with Crippen molar-refractivity contribution in [2.45, 2.75) is 12.0 Å². The van der Waals surface area contributed by atoms with E-state index >= 15 is 0 Å². The molecule has 3 aromatic heterocycles. The summed E-state index contributed by atoms with van der Waals surface area (Å²) >= 11 is 0. The van der Waals surface area contributed by atoms with Crippen LogP contribution in [0.5, 0.6) is 0 Å². The summed E-state index contributed by atoms with van der Waals surface area (Å²) in [6.07, 6.45) is 9.15. The lowest BCUT2D eigenvalue weighted by atomic mass is 9.90. The molecule has 3 nitrogen and oxygen atoms in total. The van der Waals surface area contributed by atoms with Crippen molar-refractivity contribution < 1.29 is 0 Å². The Morgan fingerprint density at radius 2 is 1.09 bits per heavy atom. The van der Waals surface area contributed by atoms with Crippen molar-refractivity contribution in [1.82, 2.24) is 8.97 Å². The summed E-state index contributed by atoms with van der Waals surface area (Å²) in [4.78, 5) is 2.54. The first kappa shape index (κ1) is 23.6. The summed E-state index contributed by atoms with van der Waals surface area (Å²) < 4.78 is 4.97. The number of hydrogen-bond donors (Lipinski definition) is 0. The van der Waals surface area contributed by atoms with Crippen LogP contribution in [-0.2, 0) is 0 Å². The normalized spacial score (nSPS) is 17.6. The Bertz CT molecular complexity index is 2710. The number of para-hydroxylation sites is 4. The van der Waals surface area contributed by atoms with Crippen LogP contribution in [0.2, 0.25) is 0 Å². The lowest BCUT2D eigenvalue weighted by Gasteiger charge is -2.28. The first-order chi connectivity index (χ1) is 22.3. The standard InChI is InChI=1S/C42H27N3/c1-3-12-26(13-4-1)43-36-20-9-7-16-28(36)32-22-34-30-18-11-19-31-35-23-33-29-17-8-10-21-37(29)44(27-14-5-2-6-15-27)39(33)25-41(35)45(42(30)31)40(34)24-38(32)43/h1-25,28,36H. The second-order valence-electron chi connectivity index (χ2n) is 12.5. The Balaban J connectivity index is 1.29. The summed E-state index contributed by atoms with van der Waals surface area (Å²) in [7, 11) is 0. The number of fused-ring (bicyclic) bond motifs is 12. The van der Waals surface area contributed by atoms with Gasteiger partial charge in [-0.05, 0) is 60.2 Å². The zero-order valence-electron chi connectivity index (χ0n) is 24.4. The van der Waals surface area contributed by atoms with Gasteiger partial charge in [0.05, 0.1) is 33.6 Å². The molecule has 0 saturated heterocycles. The summed E-state index contributed by atoms with van der Waals surface area (Å²) in [6, 6.07) is 47.4. The van der Waals surface area contributed by atoms with Crippen molar-refractivity contribution in [3.63, 3.8) is 0 Å². The minimum Gasteiger partial charge on any atom is -0.333 e. The van der Waals surface area contributed by atoms with Crippen LogP contribution in [0.1, 0.15) is 11.5 Å². The van der Waals surface area contributed by atoms with Gasteiger partial charge in [-0.3, -0.25) is 0 Å². The highest BCUT2D eigenvalue weighted by Crippen LogP contribution is 2.51. The molecule has 0 bridgehead atoms. The third kappa shape index (κ3) is 2.95. The van der Waals surface area contributed by atoms with Crippen LogP contribution in [0.3, 0.4) is 0 Å². The number of allylic oxidation sites excluding steroid dienone is 2. The smallest absolute Gasteiger partial charge is 0.0629 e. The second-order valence-corrected chi connectivity index (χ2v) is 12.5. The van der Waals surface area contributed by atoms with E-state index < -0.39 is 0 Å². The van der Waals surface area contributed by atoms with Gasteiger partial charge in [-0.15, -0.1) is 0 Å². The van der Waals surface area contributed by atoms with Crippen LogP contribution in [0, 0.1) is 0 Å². The highest BCUT2D eigenvalue weighted by molar-refractivity contribution is 6.26. The molecule has 4 heterocycles.